The van der Waals surface area contributed by atoms with Crippen molar-refractivity contribution in [1.82, 2.24) is 0 Å². The van der Waals surface area contributed by atoms with E-state index >= 15 is 0 Å². The van der Waals surface area contributed by atoms with Crippen molar-refractivity contribution in [2.45, 2.75) is 39.2 Å². The highest BCUT2D eigenvalue weighted by Gasteiger charge is 2.34. The molecule has 2 aromatic carbocycles. The molecule has 126 valence electrons. The summed E-state index contributed by atoms with van der Waals surface area (Å²) in [5.74, 6) is 0.726. The van der Waals surface area contributed by atoms with E-state index in [9.17, 15) is 4.79 Å². The van der Waals surface area contributed by atoms with E-state index < -0.39 is 6.10 Å². The third kappa shape index (κ3) is 3.37. The third-order valence-corrected chi connectivity index (χ3v) is 4.36. The number of aryl methyl sites for hydroxylation is 1. The second kappa shape index (κ2) is 6.95. The molecule has 2 aromatic rings. The summed E-state index contributed by atoms with van der Waals surface area (Å²) < 4.78 is 6.00. The zero-order valence-electron chi connectivity index (χ0n) is 14.3. The van der Waals surface area contributed by atoms with Crippen LogP contribution >= 0.6 is 0 Å². The van der Waals surface area contributed by atoms with Crippen molar-refractivity contribution in [3.8, 4) is 5.75 Å². The Balaban J connectivity index is 1.88. The molecular formula is C20H24N2O2. The van der Waals surface area contributed by atoms with Crippen LogP contribution in [0, 0.1) is 6.92 Å². The molecular weight excluding hydrogens is 300 g/mol. The van der Waals surface area contributed by atoms with E-state index in [0.29, 0.717) is 24.4 Å². The maximum Gasteiger partial charge on any atom is 0.268 e. The van der Waals surface area contributed by atoms with Gasteiger partial charge in [-0.15, -0.1) is 0 Å². The highest BCUT2D eigenvalue weighted by atomic mass is 16.5. The summed E-state index contributed by atoms with van der Waals surface area (Å²) in [6, 6.07) is 13.7. The summed E-state index contributed by atoms with van der Waals surface area (Å²) in [6.07, 6.45) is 2.07. The van der Waals surface area contributed by atoms with Gasteiger partial charge in [-0.3, -0.25) is 4.79 Å². The van der Waals surface area contributed by atoms with Crippen molar-refractivity contribution in [2.24, 2.45) is 0 Å². The number of carbonyl (C=O) groups is 1. The van der Waals surface area contributed by atoms with Gasteiger partial charge in [0.15, 0.2) is 6.10 Å². The van der Waals surface area contributed by atoms with Gasteiger partial charge in [0.25, 0.3) is 5.91 Å². The molecule has 0 fully saturated rings. The molecule has 0 saturated carbocycles. The quantitative estimate of drug-likeness (QED) is 0.853. The number of rotatable bonds is 5. The Kier molecular flexibility index (Phi) is 4.74. The van der Waals surface area contributed by atoms with Crippen LogP contribution in [0.4, 0.5) is 11.4 Å². The van der Waals surface area contributed by atoms with Crippen molar-refractivity contribution in [3.05, 3.63) is 53.6 Å². The molecule has 0 spiro atoms. The first-order valence-corrected chi connectivity index (χ1v) is 8.51. The summed E-state index contributed by atoms with van der Waals surface area (Å²) >= 11 is 0. The molecule has 1 unspecified atom stereocenters. The molecule has 0 saturated heterocycles. The zero-order chi connectivity index (χ0) is 17.1. The summed E-state index contributed by atoms with van der Waals surface area (Å²) in [6.45, 7) is 4.89. The molecule has 1 amide bonds. The predicted molar refractivity (Wildman–Crippen MR) is 97.4 cm³/mol. The number of benzene rings is 2. The highest BCUT2D eigenvalue weighted by molar-refractivity contribution is 6.00. The van der Waals surface area contributed by atoms with Crippen LogP contribution in [0.5, 0.6) is 5.75 Å². The molecule has 0 aliphatic carbocycles. The van der Waals surface area contributed by atoms with E-state index in [0.717, 1.165) is 24.1 Å². The first-order chi connectivity index (χ1) is 11.6. The lowest BCUT2D eigenvalue weighted by Crippen LogP contribution is -2.47. The molecule has 1 atom stereocenters. The molecule has 1 heterocycles. The Labute approximate surface area is 143 Å². The lowest BCUT2D eigenvalue weighted by atomic mass is 10.0. The highest BCUT2D eigenvalue weighted by Crippen LogP contribution is 2.36. The van der Waals surface area contributed by atoms with E-state index in [1.165, 1.54) is 5.56 Å². The van der Waals surface area contributed by atoms with Crippen molar-refractivity contribution in [2.75, 3.05) is 17.2 Å². The second-order valence-electron chi connectivity index (χ2n) is 6.37. The molecule has 4 nitrogen and oxygen atoms in total. The smallest absolute Gasteiger partial charge is 0.268 e. The van der Waals surface area contributed by atoms with E-state index in [1.807, 2.05) is 23.1 Å². The average molecular weight is 324 g/mol. The normalized spacial score (nSPS) is 16.7. The van der Waals surface area contributed by atoms with E-state index in [-0.39, 0.29) is 5.91 Å². The van der Waals surface area contributed by atoms with Gasteiger partial charge in [-0.25, -0.2) is 0 Å². The number of nitrogens with zero attached hydrogens (tertiary/aromatic N) is 1. The molecule has 24 heavy (non-hydrogen) atoms. The number of nitrogen functional groups attached to an aromatic ring is 1. The van der Waals surface area contributed by atoms with Gasteiger partial charge in [-0.2, -0.15) is 0 Å². The Morgan fingerprint density at radius 3 is 2.62 bits per heavy atom. The van der Waals surface area contributed by atoms with E-state index in [1.54, 1.807) is 0 Å². The zero-order valence-corrected chi connectivity index (χ0v) is 14.3. The minimum absolute atomic E-state index is 0.0290. The van der Waals surface area contributed by atoms with E-state index in [2.05, 4.69) is 38.1 Å². The SMILES string of the molecule is CCCCN1C(=O)C(Cc2ccc(C)cc2)Oc2cc(N)ccc21. The lowest BCUT2D eigenvalue weighted by Gasteiger charge is -2.34. The summed E-state index contributed by atoms with van der Waals surface area (Å²) in [7, 11) is 0. The molecule has 0 radical (unpaired) electrons. The molecule has 3 rings (SSSR count). The van der Waals surface area contributed by atoms with Crippen LogP contribution < -0.4 is 15.4 Å². The lowest BCUT2D eigenvalue weighted by molar-refractivity contribution is -0.126. The third-order valence-electron chi connectivity index (χ3n) is 4.36. The number of ether oxygens (including phenoxy) is 1. The average Bonchev–Trinajstić information content (AvgIpc) is 2.57. The monoisotopic (exact) mass is 324 g/mol. The molecule has 1 aliphatic rings. The van der Waals surface area contributed by atoms with Crippen molar-refractivity contribution >= 4 is 17.3 Å². The Morgan fingerprint density at radius 1 is 1.17 bits per heavy atom. The summed E-state index contributed by atoms with van der Waals surface area (Å²) in [5.41, 5.74) is 9.67. The fraction of sp³-hybridized carbons (Fsp3) is 0.350. The number of fused-ring (bicyclic) bond motifs is 1. The molecule has 2 N–H and O–H groups in total. The van der Waals surface area contributed by atoms with Crippen LogP contribution in [0.15, 0.2) is 42.5 Å². The van der Waals surface area contributed by atoms with Gasteiger partial charge < -0.3 is 15.4 Å². The van der Waals surface area contributed by atoms with Crippen molar-refractivity contribution < 1.29 is 9.53 Å². The number of hydrogen-bond donors (Lipinski definition) is 1. The number of unbranched alkanes of at least 4 members (excludes halogenated alkanes) is 1. The standard InChI is InChI=1S/C20H24N2O2/c1-3-4-11-22-17-10-9-16(21)13-18(17)24-19(20(22)23)12-15-7-5-14(2)6-8-15/h5-10,13,19H,3-4,11-12,21H2,1-2H3. The minimum Gasteiger partial charge on any atom is -0.478 e. The maximum absolute atomic E-state index is 12.9. The topological polar surface area (TPSA) is 55.6 Å². The van der Waals surface area contributed by atoms with Crippen LogP contribution in [0.3, 0.4) is 0 Å². The van der Waals surface area contributed by atoms with Gasteiger partial charge >= 0.3 is 0 Å². The first-order valence-electron chi connectivity index (χ1n) is 8.51. The molecule has 0 bridgehead atoms. The first kappa shape index (κ1) is 16.4. The Bertz CT molecular complexity index is 725. The van der Waals surface area contributed by atoms with Crippen LogP contribution in [0.1, 0.15) is 30.9 Å². The number of hydrogen-bond acceptors (Lipinski definition) is 3. The van der Waals surface area contributed by atoms with Gasteiger partial charge in [-0.1, -0.05) is 43.2 Å². The minimum atomic E-state index is -0.501. The van der Waals surface area contributed by atoms with Gasteiger partial charge in [0.2, 0.25) is 0 Å². The number of carbonyl (C=O) groups excluding carboxylic acids is 1. The van der Waals surface area contributed by atoms with Crippen LogP contribution in [-0.4, -0.2) is 18.6 Å². The number of anilines is 2. The molecule has 1 aliphatic heterocycles. The fourth-order valence-electron chi connectivity index (χ4n) is 2.96. The summed E-state index contributed by atoms with van der Waals surface area (Å²) in [5, 5.41) is 0. The van der Waals surface area contributed by atoms with Crippen LogP contribution in [0.25, 0.3) is 0 Å². The van der Waals surface area contributed by atoms with Gasteiger partial charge in [0.1, 0.15) is 5.75 Å². The van der Waals surface area contributed by atoms with Gasteiger partial charge in [0, 0.05) is 24.7 Å². The van der Waals surface area contributed by atoms with Gasteiger partial charge in [0.05, 0.1) is 5.69 Å². The fourth-order valence-corrected chi connectivity index (χ4v) is 2.96. The molecule has 0 aromatic heterocycles. The van der Waals surface area contributed by atoms with Crippen LogP contribution in [0.2, 0.25) is 0 Å². The van der Waals surface area contributed by atoms with Gasteiger partial charge in [-0.05, 0) is 31.0 Å². The van der Waals surface area contributed by atoms with Crippen LogP contribution in [-0.2, 0) is 11.2 Å². The number of amides is 1. The number of nitrogens with two attached hydrogens (primary N) is 1. The second-order valence-corrected chi connectivity index (χ2v) is 6.37. The Hall–Kier alpha value is -2.49. The maximum atomic E-state index is 12.9. The van der Waals surface area contributed by atoms with Crippen molar-refractivity contribution in [3.63, 3.8) is 0 Å². The Morgan fingerprint density at radius 2 is 1.92 bits per heavy atom. The largest absolute Gasteiger partial charge is 0.478 e. The van der Waals surface area contributed by atoms with Crippen molar-refractivity contribution in [1.29, 1.82) is 0 Å². The predicted octanol–water partition coefficient (Wildman–Crippen LogP) is 3.71. The summed E-state index contributed by atoms with van der Waals surface area (Å²) in [4.78, 5) is 14.8. The molecule has 4 heteroatoms. The van der Waals surface area contributed by atoms with E-state index in [4.69, 9.17) is 10.5 Å².